The van der Waals surface area contributed by atoms with Crippen LogP contribution in [0, 0.1) is 0 Å². The molecular formula is C54H39N3. The third kappa shape index (κ3) is 4.95. The number of aliphatic imine (C=N–C) groups is 1. The molecule has 1 N–H and O–H groups in total. The highest BCUT2D eigenvalue weighted by Gasteiger charge is 2.34. The number of aromatic nitrogens is 1. The fourth-order valence-electron chi connectivity index (χ4n) is 10.0. The third-order valence-corrected chi connectivity index (χ3v) is 12.6. The Labute approximate surface area is 331 Å². The Bertz CT molecular complexity index is 3280. The van der Waals surface area contributed by atoms with Crippen LogP contribution in [0.2, 0.25) is 0 Å². The Morgan fingerprint density at radius 3 is 2.44 bits per heavy atom. The van der Waals surface area contributed by atoms with Gasteiger partial charge < -0.3 is 9.88 Å². The lowest BCUT2D eigenvalue weighted by molar-refractivity contribution is 0.664. The van der Waals surface area contributed by atoms with E-state index in [1.807, 2.05) is 13.0 Å². The fraction of sp³-hybridized carbons (Fsp3) is 0.0926. The molecule has 57 heavy (non-hydrogen) atoms. The lowest BCUT2D eigenvalue weighted by Crippen LogP contribution is -2.34. The smallest absolute Gasteiger partial charge is 0.145 e. The first kappa shape index (κ1) is 32.3. The number of hydrogen-bond donors (Lipinski definition) is 1. The van der Waals surface area contributed by atoms with E-state index < -0.39 is 0 Å². The minimum Gasteiger partial charge on any atom is -0.360 e. The Kier molecular flexibility index (Phi) is 7.10. The topological polar surface area (TPSA) is 29.3 Å². The van der Waals surface area contributed by atoms with Gasteiger partial charge in [0.1, 0.15) is 6.17 Å². The van der Waals surface area contributed by atoms with Crippen molar-refractivity contribution in [2.45, 2.75) is 32.0 Å². The van der Waals surface area contributed by atoms with Crippen molar-refractivity contribution in [3.63, 3.8) is 0 Å². The zero-order valence-corrected chi connectivity index (χ0v) is 31.7. The van der Waals surface area contributed by atoms with Crippen LogP contribution in [0.15, 0.2) is 169 Å². The zero-order valence-electron chi connectivity index (χ0n) is 31.7. The van der Waals surface area contributed by atoms with Crippen molar-refractivity contribution in [2.24, 2.45) is 4.99 Å². The van der Waals surface area contributed by atoms with Gasteiger partial charge in [-0.1, -0.05) is 152 Å². The summed E-state index contributed by atoms with van der Waals surface area (Å²) in [5.74, 6) is 0. The quantitative estimate of drug-likeness (QED) is 0.176. The normalized spacial score (nSPS) is 17.7. The Balaban J connectivity index is 0.979. The lowest BCUT2D eigenvalue weighted by Gasteiger charge is -2.25. The summed E-state index contributed by atoms with van der Waals surface area (Å²) in [6.07, 6.45) is 14.8. The van der Waals surface area contributed by atoms with E-state index in [1.165, 1.54) is 87.5 Å². The van der Waals surface area contributed by atoms with E-state index in [4.69, 9.17) is 4.99 Å². The first-order valence-corrected chi connectivity index (χ1v) is 20.2. The van der Waals surface area contributed by atoms with Crippen molar-refractivity contribution in [3.8, 4) is 11.1 Å². The maximum Gasteiger partial charge on any atom is 0.145 e. The maximum absolute atomic E-state index is 5.44. The Morgan fingerprint density at radius 1 is 0.702 bits per heavy atom. The molecule has 8 aromatic rings. The van der Waals surface area contributed by atoms with Crippen LogP contribution in [0.1, 0.15) is 64.5 Å². The molecule has 0 amide bonds. The Morgan fingerprint density at radius 2 is 1.53 bits per heavy atom. The number of rotatable bonds is 5. The summed E-state index contributed by atoms with van der Waals surface area (Å²) in [5.41, 5.74) is 17.8. The van der Waals surface area contributed by atoms with Gasteiger partial charge in [0, 0.05) is 33.1 Å². The largest absolute Gasteiger partial charge is 0.360 e. The van der Waals surface area contributed by atoms with E-state index >= 15 is 0 Å². The lowest BCUT2D eigenvalue weighted by atomic mass is 9.88. The van der Waals surface area contributed by atoms with Crippen LogP contribution in [0.25, 0.3) is 67.1 Å². The summed E-state index contributed by atoms with van der Waals surface area (Å²) >= 11 is 0. The fourth-order valence-corrected chi connectivity index (χ4v) is 10.0. The molecule has 2 aliphatic carbocycles. The molecule has 7 aromatic carbocycles. The van der Waals surface area contributed by atoms with E-state index in [0.29, 0.717) is 6.04 Å². The molecule has 2 atom stereocenters. The maximum atomic E-state index is 5.44. The molecule has 3 nitrogen and oxygen atoms in total. The summed E-state index contributed by atoms with van der Waals surface area (Å²) in [6.45, 7) is 2.04. The molecule has 3 heterocycles. The zero-order chi connectivity index (χ0) is 37.6. The van der Waals surface area contributed by atoms with Gasteiger partial charge in [-0.25, -0.2) is 0 Å². The number of fused-ring (bicyclic) bond motifs is 12. The average molecular weight is 730 g/mol. The molecule has 1 aromatic heterocycles. The molecule has 0 fully saturated rings. The molecular weight excluding hydrogens is 691 g/mol. The Hall–Kier alpha value is -6.97. The van der Waals surface area contributed by atoms with Crippen LogP contribution < -0.4 is 15.8 Å². The minimum absolute atomic E-state index is 0.246. The van der Waals surface area contributed by atoms with E-state index in [9.17, 15) is 0 Å². The van der Waals surface area contributed by atoms with Crippen LogP contribution in [0.5, 0.6) is 0 Å². The van der Waals surface area contributed by atoms with Gasteiger partial charge in [-0.2, -0.15) is 0 Å². The van der Waals surface area contributed by atoms with Crippen LogP contribution in [0.4, 0.5) is 0 Å². The SMILES string of the molecule is C/C=C\C=C/c1ccc(C2=CC(c3ccc4ccccc4c3)=NC(c3ccc4c(c3)-c3c(ccc5c3=CCC3C=5c5cccc6c7ccccc7n3c56)C4)N2)cc1. The van der Waals surface area contributed by atoms with Gasteiger partial charge in [-0.05, 0) is 110 Å². The third-order valence-electron chi connectivity index (χ3n) is 12.6. The molecule has 0 radical (unpaired) electrons. The summed E-state index contributed by atoms with van der Waals surface area (Å²) in [7, 11) is 0. The molecule has 4 aliphatic rings. The number of nitrogens with one attached hydrogen (secondary N) is 1. The first-order chi connectivity index (χ1) is 28.2. The van der Waals surface area contributed by atoms with E-state index in [1.54, 1.807) is 0 Å². The van der Waals surface area contributed by atoms with Crippen LogP contribution >= 0.6 is 0 Å². The predicted molar refractivity (Wildman–Crippen MR) is 239 cm³/mol. The second kappa shape index (κ2) is 12.5. The first-order valence-electron chi connectivity index (χ1n) is 20.2. The van der Waals surface area contributed by atoms with Gasteiger partial charge >= 0.3 is 0 Å². The van der Waals surface area contributed by atoms with Gasteiger partial charge in [-0.3, -0.25) is 4.99 Å². The molecule has 2 aliphatic heterocycles. The number of hydrogen-bond acceptors (Lipinski definition) is 2. The molecule has 0 saturated carbocycles. The van der Waals surface area contributed by atoms with Crippen molar-refractivity contribution in [1.82, 2.24) is 9.88 Å². The van der Waals surface area contributed by atoms with Crippen LogP contribution in [-0.2, 0) is 6.42 Å². The highest BCUT2D eigenvalue weighted by Crippen LogP contribution is 2.47. The monoisotopic (exact) mass is 729 g/mol. The molecule has 12 rings (SSSR count). The van der Waals surface area contributed by atoms with E-state index in [0.717, 1.165) is 35.4 Å². The molecule has 2 unspecified atom stereocenters. The standard InChI is InChI=1S/C54H39N3/c1-2-3-4-10-33-17-19-35(20-18-33)47-32-48(38-23-21-34-11-5-6-12-36(34)29-38)56-54(55-47)40-24-22-37-30-39-25-26-43-42(51(39)46(37)31-40)27-28-50-52(43)45-15-9-14-44-41-13-7-8-16-49(41)57(50)53(44)45/h2-27,29,31-32,50,54-55H,28,30H2,1H3/b3-2-,10-4-. The van der Waals surface area contributed by atoms with E-state index in [-0.39, 0.29) is 6.17 Å². The van der Waals surface area contributed by atoms with Crippen molar-refractivity contribution in [2.75, 3.05) is 0 Å². The van der Waals surface area contributed by atoms with E-state index in [2.05, 4.69) is 180 Å². The summed E-state index contributed by atoms with van der Waals surface area (Å²) in [6, 6.07) is 52.1. The molecule has 270 valence electrons. The second-order valence-corrected chi connectivity index (χ2v) is 15.8. The van der Waals surface area contributed by atoms with Crippen LogP contribution in [-0.4, -0.2) is 10.3 Å². The predicted octanol–water partition coefficient (Wildman–Crippen LogP) is 11.2. The summed E-state index contributed by atoms with van der Waals surface area (Å²) in [4.78, 5) is 5.44. The van der Waals surface area contributed by atoms with Crippen LogP contribution in [0.3, 0.4) is 0 Å². The van der Waals surface area contributed by atoms with Crippen molar-refractivity contribution >= 4 is 61.7 Å². The van der Waals surface area contributed by atoms with Gasteiger partial charge in [0.2, 0.25) is 0 Å². The highest BCUT2D eigenvalue weighted by atomic mass is 15.1. The number of para-hydroxylation sites is 2. The second-order valence-electron chi connectivity index (χ2n) is 15.8. The van der Waals surface area contributed by atoms with Gasteiger partial charge in [-0.15, -0.1) is 0 Å². The molecule has 0 spiro atoms. The summed E-state index contributed by atoms with van der Waals surface area (Å²) < 4.78 is 2.62. The molecule has 0 saturated heterocycles. The number of nitrogens with zero attached hydrogens (tertiary/aromatic N) is 2. The van der Waals surface area contributed by atoms with Crippen molar-refractivity contribution < 1.29 is 0 Å². The number of benzene rings is 7. The van der Waals surface area contributed by atoms with Crippen molar-refractivity contribution in [3.05, 3.63) is 213 Å². The van der Waals surface area contributed by atoms with Gasteiger partial charge in [0.15, 0.2) is 0 Å². The van der Waals surface area contributed by atoms with Gasteiger partial charge in [0.05, 0.1) is 17.3 Å². The highest BCUT2D eigenvalue weighted by molar-refractivity contribution is 6.15. The molecule has 0 bridgehead atoms. The average Bonchev–Trinajstić information content (AvgIpc) is 3.93. The summed E-state index contributed by atoms with van der Waals surface area (Å²) in [5, 5.41) is 11.8. The molecule has 3 heteroatoms. The van der Waals surface area contributed by atoms with Gasteiger partial charge in [0.25, 0.3) is 0 Å². The minimum atomic E-state index is -0.246. The van der Waals surface area contributed by atoms with Crippen molar-refractivity contribution in [1.29, 1.82) is 0 Å². The number of allylic oxidation sites excluding steroid dienone is 4.